The van der Waals surface area contributed by atoms with Crippen LogP contribution in [0.2, 0.25) is 0 Å². The van der Waals surface area contributed by atoms with Crippen LogP contribution in [0, 0.1) is 0 Å². The van der Waals surface area contributed by atoms with Gasteiger partial charge in [-0.15, -0.1) is 0 Å². The Bertz CT molecular complexity index is 5760. The molecule has 2 saturated carbocycles. The van der Waals surface area contributed by atoms with E-state index in [4.69, 9.17) is 0 Å². The number of hydrogen-bond acceptors (Lipinski definition) is 2. The van der Waals surface area contributed by atoms with Gasteiger partial charge in [0, 0.05) is 72.0 Å². The fourth-order valence-corrected chi connectivity index (χ4v) is 10900. The first-order valence-corrected chi connectivity index (χ1v) is 396. The second kappa shape index (κ2) is 67.9. The van der Waals surface area contributed by atoms with Crippen LogP contribution in [0.4, 0.5) is 22.7 Å². The normalized spacial score (nSPS) is 21.5. The summed E-state index contributed by atoms with van der Waals surface area (Å²) in [4.78, 5) is 5.56. The van der Waals surface area contributed by atoms with Gasteiger partial charge in [0.05, 0.1) is 27.6 Å². The van der Waals surface area contributed by atoms with Crippen molar-refractivity contribution in [2.75, 3.05) is 9.80 Å². The molecule has 0 radical (unpaired) electrons. The molecule has 6 heterocycles. The zero-order valence-corrected chi connectivity index (χ0v) is 194. The summed E-state index contributed by atoms with van der Waals surface area (Å²) in [5.41, 5.74) is 24.4. The van der Waals surface area contributed by atoms with Crippen molar-refractivity contribution in [2.45, 2.75) is 161 Å². The maximum atomic E-state index is 3.41. The zero-order valence-electron chi connectivity index (χ0n) is 69.0. The summed E-state index contributed by atoms with van der Waals surface area (Å²) >= 11 is 98.9. The molecule has 2 aliphatic carbocycles. The van der Waals surface area contributed by atoms with Crippen LogP contribution in [0.5, 0.6) is 0 Å². The Morgan fingerprint density at radius 3 is 0.963 bits per heavy atom. The molecule has 4 aliphatic heterocycles. The minimum atomic E-state index is -0.598. The summed E-state index contributed by atoms with van der Waals surface area (Å²) in [7, 11) is -15.5. The summed E-state index contributed by atoms with van der Waals surface area (Å²) in [5.74, 6) is 0. The van der Waals surface area contributed by atoms with E-state index in [1.165, 1.54) is 162 Å². The average Bonchev–Trinajstić information content (AvgIpc) is 1.49. The van der Waals surface area contributed by atoms with Crippen LogP contribution in [0.1, 0.15) is 150 Å². The molecule has 2 fully saturated rings. The first-order chi connectivity index (χ1) is 63.3. The molecule has 4 unspecified atom stereocenters. The van der Waals surface area contributed by atoms with Gasteiger partial charge in [0.2, 0.25) is 0 Å². The molecule has 6 aliphatic rings. The van der Waals surface area contributed by atoms with Crippen molar-refractivity contribution >= 4 is 869 Å². The van der Waals surface area contributed by atoms with Crippen molar-refractivity contribution in [1.29, 1.82) is 0 Å². The molecule has 136 heavy (non-hydrogen) atoms. The number of nitrogens with zero attached hydrogens (tertiary/aromatic N) is 4. The maximum absolute atomic E-state index is 3.41. The number of anilines is 4. The van der Waals surface area contributed by atoms with Crippen LogP contribution < -0.4 is 26.2 Å². The van der Waals surface area contributed by atoms with Crippen LogP contribution in [-0.4, -0.2) is 26.9 Å². The number of rotatable bonds is 29. The number of fused-ring (bicyclic) bond motifs is 16. The van der Waals surface area contributed by atoms with Crippen molar-refractivity contribution in [2.24, 2.45) is 0 Å². The van der Waals surface area contributed by atoms with E-state index in [-0.39, 0.29) is 46.9 Å². The first-order valence-electron chi connectivity index (χ1n) is 37.3. The Labute approximate surface area is 1190 Å². The van der Waals surface area contributed by atoms with Gasteiger partial charge in [-0.1, -0.05) is 198 Å². The van der Waals surface area contributed by atoms with Gasteiger partial charge >= 0.3 is 780 Å². The van der Waals surface area contributed by atoms with Crippen LogP contribution in [-0.2, 0) is 21.7 Å². The van der Waals surface area contributed by atoms with E-state index < -0.39 is 221 Å². The van der Waals surface area contributed by atoms with E-state index in [9.17, 15) is 0 Å². The molecular weight excluding hydrogens is 8300 g/mol. The summed E-state index contributed by atoms with van der Waals surface area (Å²) < 4.78 is 5.09. The summed E-state index contributed by atoms with van der Waals surface area (Å²) in [6.07, 6.45) is 10.2. The molecule has 0 saturated heterocycles. The molecule has 16 rings (SSSR count). The number of benzene rings is 8. The Morgan fingerprint density at radius 1 is 0.272 bits per heavy atom. The zero-order chi connectivity index (χ0) is 98.9. The average molecular weight is 8380 g/mol. The number of aromatic nitrogens is 2. The van der Waals surface area contributed by atoms with Gasteiger partial charge in [0.15, 0.2) is 0 Å². The van der Waals surface area contributed by atoms with Crippen LogP contribution in [0.15, 0.2) is 164 Å². The standard InChI is InChI=1S/C36H35BN2.C36H38N2.CH4.I58/c1-34(2,3)22-20-29-31-30(21-22)39-33-25(35(4)18-8-9-19-36(35,39)5)14-11-16-27(33)37(31)26-15-10-13-24-23-12-6-7-17-28(23)38(29)32(24)26;1-34(2,3)25-22-26(37-31-17-9-6-14-28(31)29-15-7-10-18-32(29)37)24-27(23-25)38-33-19-11-8-16-30(33)35(4)20-12-13-21-36(35,38)5;;1-31(2)33(5)35(7)37(9)39(11)41(13)43(15)45(17)47(19)49(21)51(23)53(25)55(27)57(29)58(30)56(28)54(26)52(24)50(22)48(20)46(18)44(16)42(14)40(12)38(10)36(8)34(6)32(3)4/h6-7,10-17,20-21H,8-9,18-19H2,1-5H3;6-11,14-19,22-24H,12-13,20-21H2,1-5H3;1H4;. The van der Waals surface area contributed by atoms with E-state index in [0.29, 0.717) is 0 Å². The van der Waals surface area contributed by atoms with Gasteiger partial charge in [-0.05, 0) is 144 Å². The fourth-order valence-electron chi connectivity index (χ4n) is 17.5. The van der Waals surface area contributed by atoms with Gasteiger partial charge in [-0.2, -0.15) is 0 Å². The summed E-state index contributed by atoms with van der Waals surface area (Å²) in [6.45, 7) is 24.6. The van der Waals surface area contributed by atoms with E-state index in [0.717, 1.165) is 0 Å². The second-order valence-corrected chi connectivity index (χ2v) is 1400. The van der Waals surface area contributed by atoms with Gasteiger partial charge in [-0.3, -0.25) is 0 Å². The van der Waals surface area contributed by atoms with Crippen molar-refractivity contribution in [1.82, 2.24) is 9.13 Å². The third-order valence-electron chi connectivity index (χ3n) is 23.4. The summed E-state index contributed by atoms with van der Waals surface area (Å²) in [6, 6.07) is 62.7. The molecule has 2 aromatic heterocycles. The molecule has 10 aromatic rings. The van der Waals surface area contributed by atoms with Crippen molar-refractivity contribution < 1.29 is 0 Å². The minimum absolute atomic E-state index is 0. The van der Waals surface area contributed by atoms with Crippen LogP contribution >= 0.6 is 780 Å². The Hall–Kier alpha value is 35.4. The van der Waals surface area contributed by atoms with E-state index in [1.807, 2.05) is 0 Å². The molecule has 0 amide bonds. The molecular formula is C73H77BI58N4. The van der Waals surface area contributed by atoms with E-state index in [1.54, 1.807) is 5.56 Å². The topological polar surface area (TPSA) is 16.3 Å². The Kier molecular flexibility index (Phi) is 73.8. The van der Waals surface area contributed by atoms with Gasteiger partial charge in [-0.25, -0.2) is 0 Å². The van der Waals surface area contributed by atoms with Gasteiger partial charge < -0.3 is 18.9 Å². The van der Waals surface area contributed by atoms with Crippen molar-refractivity contribution in [3.05, 3.63) is 186 Å². The molecule has 798 valence electrons. The molecule has 8 aromatic carbocycles. The summed E-state index contributed by atoms with van der Waals surface area (Å²) in [5, 5.41) is 5.35. The molecule has 4 nitrogen and oxygen atoms in total. The van der Waals surface area contributed by atoms with E-state index >= 15 is 0 Å². The third-order valence-corrected chi connectivity index (χ3v) is 4480. The molecule has 0 bridgehead atoms. The van der Waals surface area contributed by atoms with Crippen molar-refractivity contribution in [3.63, 3.8) is 0 Å². The fraction of sp³-hybridized carbons (Fsp3) is 0.342. The SMILES string of the molecule is C.CC(C)(C)c1cc(N2c3ccccc3C3(C)CCCCC23C)cc(-n2c3ccccc3c3ccccc32)c1.CC(C)(C)c1cc2c3c(c1)-n1c4ccccc4c4cccc(c41)B3c1cccc3c1N2C1(C)CCCCC31C.II(I)I(I)I(I)I(I)I(I)I(I)I(I)I(I)I(I)I(I)I(I)I(I)I(I)I(I)I(I)I(I)I(I)I(I)I(I)I(I)I(I)I(I)I(I)I(I)I(I)I(I)I(I)I(I)I. The monoisotopic (exact) mass is 8380 g/mol. The second-order valence-electron chi connectivity index (χ2n) is 31.7. The predicted octanol–water partition coefficient (Wildman–Crippen LogP) is 68.8. The Morgan fingerprint density at radius 2 is 0.566 bits per heavy atom. The van der Waals surface area contributed by atoms with Crippen LogP contribution in [0.3, 0.4) is 0 Å². The first kappa shape index (κ1) is 148. The quantitative estimate of drug-likeness (QED) is 0.0343. The van der Waals surface area contributed by atoms with E-state index in [2.05, 4.69) is 810 Å². The van der Waals surface area contributed by atoms with Gasteiger partial charge in [0.25, 0.3) is 6.71 Å². The Balaban J connectivity index is 0.000000176. The molecule has 63 heteroatoms. The molecule has 0 spiro atoms. The van der Waals surface area contributed by atoms with Crippen LogP contribution in [0.25, 0.3) is 55.0 Å². The molecule has 4 atom stereocenters. The number of hydrogen-bond donors (Lipinski definition) is 0. The predicted molar refractivity (Wildman–Crippen MR) is 1150 cm³/mol. The van der Waals surface area contributed by atoms with Crippen molar-refractivity contribution in [3.8, 4) is 11.4 Å². The number of halogens is 58. The number of para-hydroxylation sites is 6. The van der Waals surface area contributed by atoms with Gasteiger partial charge in [0.1, 0.15) is 0 Å². The molecule has 0 N–H and O–H groups in total. The third kappa shape index (κ3) is 34.1.